The van der Waals surface area contributed by atoms with Gasteiger partial charge in [0.2, 0.25) is 0 Å². The molecule has 0 spiro atoms. The van der Waals surface area contributed by atoms with Gasteiger partial charge >= 0.3 is 177 Å². The van der Waals surface area contributed by atoms with Crippen LogP contribution in [0.2, 0.25) is 0 Å². The van der Waals surface area contributed by atoms with E-state index in [1.165, 1.54) is 19.4 Å². The van der Waals surface area contributed by atoms with E-state index in [0.717, 1.165) is 0 Å². The number of carbonyl (C=O) groups excluding carboxylic acids is 4. The second kappa shape index (κ2) is 11.1. The first-order valence-electron chi connectivity index (χ1n) is 11.2. The summed E-state index contributed by atoms with van der Waals surface area (Å²) in [6.45, 7) is 5.44. The van der Waals surface area contributed by atoms with Crippen LogP contribution in [0.1, 0.15) is 12.5 Å². The summed E-state index contributed by atoms with van der Waals surface area (Å²) in [5, 5.41) is 0. The number of hydrogen-bond donors (Lipinski definition) is 0. The molecule has 0 aromatic heterocycles. The molecule has 4 rings (SSSR count). The number of imide groups is 1. The van der Waals surface area contributed by atoms with Gasteiger partial charge in [0.1, 0.15) is 0 Å². The average molecular weight is 591 g/mol. The molecule has 2 aliphatic rings. The number of Topliss-reactive ketones (excluding diaryl/α,β-unsaturated/α-hetero) is 2. The number of likely N-dealkylation sites (tertiary alicyclic amines) is 1. The zero-order valence-electron chi connectivity index (χ0n) is 19.2. The van der Waals surface area contributed by atoms with Gasteiger partial charge in [-0.25, -0.2) is 0 Å². The molecule has 0 saturated carbocycles. The second-order valence-electron chi connectivity index (χ2n) is 8.67. The number of anilines is 1. The Balaban J connectivity index is 1.29. The van der Waals surface area contributed by atoms with Gasteiger partial charge in [-0.2, -0.15) is 0 Å². The molecule has 0 bridgehead atoms. The molecule has 9 heteroatoms. The fourth-order valence-electron chi connectivity index (χ4n) is 3.90. The van der Waals surface area contributed by atoms with Crippen molar-refractivity contribution in [3.8, 4) is 0 Å². The number of amides is 2. The fourth-order valence-corrected chi connectivity index (χ4v) is 9.86. The molecule has 2 amide bonds. The molecule has 0 radical (unpaired) electrons. The van der Waals surface area contributed by atoms with Crippen molar-refractivity contribution < 1.29 is 19.2 Å². The van der Waals surface area contributed by atoms with Crippen LogP contribution in [0.4, 0.5) is 5.69 Å². The van der Waals surface area contributed by atoms with E-state index in [2.05, 4.69) is 31.2 Å². The molecule has 2 fully saturated rings. The number of aryl methyl sites for hydroxylation is 1. The number of benzene rings is 2. The van der Waals surface area contributed by atoms with Gasteiger partial charge in [-0.1, -0.05) is 0 Å². The van der Waals surface area contributed by atoms with Crippen LogP contribution in [0.25, 0.3) is 0 Å². The van der Waals surface area contributed by atoms with Crippen LogP contribution in [0.15, 0.2) is 48.5 Å². The van der Waals surface area contributed by atoms with Gasteiger partial charge in [-0.3, -0.25) is 9.59 Å². The van der Waals surface area contributed by atoms with Gasteiger partial charge in [0.25, 0.3) is 0 Å². The quantitative estimate of drug-likeness (QED) is 0.247. The predicted octanol–water partition coefficient (Wildman–Crippen LogP) is -0.466. The molecular formula is C25H27N3O4Se2. The van der Waals surface area contributed by atoms with Crippen molar-refractivity contribution in [2.24, 2.45) is 5.92 Å². The van der Waals surface area contributed by atoms with Crippen molar-refractivity contribution in [2.75, 3.05) is 44.2 Å². The zero-order valence-corrected chi connectivity index (χ0v) is 22.7. The van der Waals surface area contributed by atoms with E-state index in [1.54, 1.807) is 16.7 Å². The average Bonchev–Trinajstić information content (AvgIpc) is 2.81. The summed E-state index contributed by atoms with van der Waals surface area (Å²) in [6, 6.07) is 16.4. The first-order valence-corrected chi connectivity index (χ1v) is 17.2. The van der Waals surface area contributed by atoms with Crippen LogP contribution < -0.4 is 13.8 Å². The number of carbonyl (C=O) groups is 4. The van der Waals surface area contributed by atoms with E-state index in [4.69, 9.17) is 0 Å². The third-order valence-corrected chi connectivity index (χ3v) is 13.3. The Kier molecular flexibility index (Phi) is 8.14. The Bertz CT molecular complexity index is 1050. The molecule has 2 saturated heterocycles. The molecule has 178 valence electrons. The number of ketones is 2. The first-order chi connectivity index (χ1) is 16.3. The van der Waals surface area contributed by atoms with Gasteiger partial charge < -0.3 is 0 Å². The van der Waals surface area contributed by atoms with Crippen molar-refractivity contribution in [2.45, 2.75) is 13.8 Å². The minimum absolute atomic E-state index is 0.0712. The van der Waals surface area contributed by atoms with E-state index in [1.807, 2.05) is 24.3 Å². The molecule has 2 heterocycles. The van der Waals surface area contributed by atoms with E-state index in [9.17, 15) is 19.2 Å². The standard InChI is InChI=1S/C25H27N3O4Se2/c1-17-3-7-20(8-4-17)33-34-21-9-5-19(6-10-21)28-24(31)15-27(16-25(28)32)12-11-26-13-22(29)18(2)23(30)14-26/h3-10,18H,11-16H2,1-2H3. The van der Waals surface area contributed by atoms with Crippen molar-refractivity contribution in [1.82, 2.24) is 9.80 Å². The Morgan fingerprint density at radius 2 is 1.15 bits per heavy atom. The number of hydrogen-bond acceptors (Lipinski definition) is 6. The molecule has 7 nitrogen and oxygen atoms in total. The third kappa shape index (κ3) is 6.11. The number of rotatable bonds is 7. The van der Waals surface area contributed by atoms with Crippen molar-refractivity contribution in [1.29, 1.82) is 0 Å². The SMILES string of the molecule is Cc1ccc([Se][Se]c2ccc(N3C(=O)CN(CCN4CC(=O)C(C)C(=O)C4)CC3=O)cc2)cc1. The van der Waals surface area contributed by atoms with Crippen molar-refractivity contribution in [3.05, 3.63) is 54.1 Å². The predicted molar refractivity (Wildman–Crippen MR) is 133 cm³/mol. The molecule has 34 heavy (non-hydrogen) atoms. The van der Waals surface area contributed by atoms with Crippen LogP contribution in [-0.4, -0.2) is 98.7 Å². The number of piperazine rings is 1. The molecule has 2 aromatic carbocycles. The van der Waals surface area contributed by atoms with Crippen LogP contribution in [0.5, 0.6) is 0 Å². The van der Waals surface area contributed by atoms with E-state index < -0.39 is 5.92 Å². The van der Waals surface area contributed by atoms with Gasteiger partial charge in [-0.15, -0.1) is 0 Å². The summed E-state index contributed by atoms with van der Waals surface area (Å²) >= 11 is 0.726. The third-order valence-electron chi connectivity index (χ3n) is 6.02. The summed E-state index contributed by atoms with van der Waals surface area (Å²) in [6.07, 6.45) is 0. The van der Waals surface area contributed by atoms with Crippen LogP contribution in [-0.2, 0) is 19.2 Å². The number of piperidine rings is 1. The Morgan fingerprint density at radius 3 is 1.65 bits per heavy atom. The molecule has 2 aliphatic heterocycles. The Hall–Kier alpha value is -2.12. The second-order valence-corrected chi connectivity index (χ2v) is 15.0. The van der Waals surface area contributed by atoms with Crippen LogP contribution in [0, 0.1) is 12.8 Å². The molecule has 2 aromatic rings. The van der Waals surface area contributed by atoms with E-state index >= 15 is 0 Å². The minimum atomic E-state index is -0.529. The van der Waals surface area contributed by atoms with Crippen LogP contribution in [0.3, 0.4) is 0 Å². The Labute approximate surface area is 210 Å². The molecule has 0 unspecified atom stereocenters. The van der Waals surface area contributed by atoms with Crippen molar-refractivity contribution >= 4 is 64.3 Å². The van der Waals surface area contributed by atoms with Gasteiger partial charge in [0.05, 0.1) is 5.92 Å². The molecule has 0 N–H and O–H groups in total. The first kappa shape index (κ1) is 25.0. The van der Waals surface area contributed by atoms with Crippen LogP contribution >= 0.6 is 0 Å². The molecular weight excluding hydrogens is 564 g/mol. The van der Waals surface area contributed by atoms with Gasteiger partial charge in [0, 0.05) is 0 Å². The summed E-state index contributed by atoms with van der Waals surface area (Å²) in [7, 11) is 0. The fraction of sp³-hybridized carbons (Fsp3) is 0.360. The summed E-state index contributed by atoms with van der Waals surface area (Å²) in [4.78, 5) is 54.3. The zero-order chi connectivity index (χ0) is 24.2. The number of nitrogens with zero attached hydrogens (tertiary/aromatic N) is 3. The topological polar surface area (TPSA) is 78.0 Å². The maximum atomic E-state index is 12.8. The Morgan fingerprint density at radius 1 is 0.706 bits per heavy atom. The van der Waals surface area contributed by atoms with Crippen molar-refractivity contribution in [3.63, 3.8) is 0 Å². The monoisotopic (exact) mass is 593 g/mol. The van der Waals surface area contributed by atoms with Gasteiger partial charge in [0.15, 0.2) is 11.6 Å². The summed E-state index contributed by atoms with van der Waals surface area (Å²) < 4.78 is 2.62. The maximum absolute atomic E-state index is 12.8. The molecule has 0 aliphatic carbocycles. The summed E-state index contributed by atoms with van der Waals surface area (Å²) in [5.74, 6) is -1.17. The van der Waals surface area contributed by atoms with Gasteiger partial charge in [-0.05, 0) is 6.92 Å². The normalized spacial score (nSPS) is 18.7. The van der Waals surface area contributed by atoms with E-state index in [0.29, 0.717) is 45.0 Å². The van der Waals surface area contributed by atoms with E-state index in [-0.39, 0.29) is 49.6 Å². The summed E-state index contributed by atoms with van der Waals surface area (Å²) in [5.41, 5.74) is 1.87. The molecule has 0 atom stereocenters.